The van der Waals surface area contributed by atoms with Gasteiger partial charge in [0.05, 0.1) is 17.0 Å². The van der Waals surface area contributed by atoms with E-state index in [1.165, 1.54) is 0 Å². The molecule has 0 bridgehead atoms. The van der Waals surface area contributed by atoms with E-state index in [9.17, 15) is 4.79 Å². The highest BCUT2D eigenvalue weighted by Gasteiger charge is 2.27. The fraction of sp³-hybridized carbons (Fsp3) is 0.583. The molecule has 5 heteroatoms. The maximum atomic E-state index is 12.3. The van der Waals surface area contributed by atoms with Crippen molar-refractivity contribution in [3.8, 4) is 0 Å². The van der Waals surface area contributed by atoms with Crippen LogP contribution >= 0.6 is 11.6 Å². The second kappa shape index (κ2) is 5.00. The summed E-state index contributed by atoms with van der Waals surface area (Å²) in [5.74, 6) is 1.10. The normalized spacial score (nSPS) is 19.7. The van der Waals surface area contributed by atoms with Crippen LogP contribution in [-0.4, -0.2) is 40.0 Å². The van der Waals surface area contributed by atoms with Crippen LogP contribution in [0.5, 0.6) is 0 Å². The van der Waals surface area contributed by atoms with Crippen LogP contribution in [0.3, 0.4) is 0 Å². The van der Waals surface area contributed by atoms with Gasteiger partial charge >= 0.3 is 0 Å². The van der Waals surface area contributed by atoms with E-state index >= 15 is 0 Å². The van der Waals surface area contributed by atoms with Crippen molar-refractivity contribution in [1.29, 1.82) is 0 Å². The molecule has 1 atom stereocenters. The van der Waals surface area contributed by atoms with Gasteiger partial charge in [0, 0.05) is 19.0 Å². The van der Waals surface area contributed by atoms with Crippen LogP contribution < -0.4 is 0 Å². The molecule has 0 spiro atoms. The number of halogens is 1. The average Bonchev–Trinajstić information content (AvgIpc) is 2.80. The van der Waals surface area contributed by atoms with Crippen molar-refractivity contribution in [3.63, 3.8) is 0 Å². The third kappa shape index (κ3) is 2.57. The first-order chi connectivity index (χ1) is 8.11. The summed E-state index contributed by atoms with van der Waals surface area (Å²) >= 11 is 5.82. The molecule has 1 aromatic heterocycles. The molecule has 0 radical (unpaired) electrons. The summed E-state index contributed by atoms with van der Waals surface area (Å²) in [5, 5.41) is 7.92. The predicted molar refractivity (Wildman–Crippen MR) is 66.2 cm³/mol. The van der Waals surface area contributed by atoms with Crippen LogP contribution in [0.4, 0.5) is 0 Å². The lowest BCUT2D eigenvalue weighted by molar-refractivity contribution is 0.0786. The highest BCUT2D eigenvalue weighted by molar-refractivity contribution is 6.18. The Balaban J connectivity index is 2.17. The second-order valence-corrected chi connectivity index (χ2v) is 4.85. The minimum atomic E-state index is 0.0492. The zero-order valence-corrected chi connectivity index (χ0v) is 10.9. The van der Waals surface area contributed by atoms with Crippen molar-refractivity contribution in [2.75, 3.05) is 19.0 Å². The second-order valence-electron chi connectivity index (χ2n) is 4.54. The third-order valence-electron chi connectivity index (χ3n) is 3.12. The first-order valence-corrected chi connectivity index (χ1v) is 6.31. The van der Waals surface area contributed by atoms with Gasteiger partial charge in [-0.25, -0.2) is 0 Å². The Bertz CT molecular complexity index is 436. The quantitative estimate of drug-likeness (QED) is 0.755. The van der Waals surface area contributed by atoms with Crippen LogP contribution in [0.1, 0.15) is 28.2 Å². The van der Waals surface area contributed by atoms with Crippen LogP contribution in [0, 0.1) is 19.8 Å². The summed E-state index contributed by atoms with van der Waals surface area (Å²) in [4.78, 5) is 14.2. The number of rotatable bonds is 2. The number of alkyl halides is 1. The van der Waals surface area contributed by atoms with Crippen LogP contribution in [0.15, 0.2) is 6.07 Å². The fourth-order valence-electron chi connectivity index (χ4n) is 2.08. The number of aromatic nitrogens is 2. The van der Waals surface area contributed by atoms with E-state index in [1.807, 2.05) is 18.7 Å². The number of aryl methyl sites for hydroxylation is 2. The molecule has 1 aromatic rings. The van der Waals surface area contributed by atoms with Gasteiger partial charge in [-0.05, 0) is 32.3 Å². The topological polar surface area (TPSA) is 46.1 Å². The molecule has 17 heavy (non-hydrogen) atoms. The highest BCUT2D eigenvalue weighted by Crippen LogP contribution is 2.20. The molecule has 1 aliphatic heterocycles. The highest BCUT2D eigenvalue weighted by atomic mass is 35.5. The monoisotopic (exact) mass is 253 g/mol. The zero-order valence-electron chi connectivity index (χ0n) is 10.1. The molecule has 2 heterocycles. The van der Waals surface area contributed by atoms with E-state index in [2.05, 4.69) is 10.2 Å². The largest absolute Gasteiger partial charge is 0.338 e. The Morgan fingerprint density at radius 3 is 2.94 bits per heavy atom. The number of nitrogens with zero attached hydrogens (tertiary/aromatic N) is 3. The van der Waals surface area contributed by atoms with Gasteiger partial charge in [0.25, 0.3) is 5.91 Å². The zero-order chi connectivity index (χ0) is 12.4. The van der Waals surface area contributed by atoms with E-state index in [0.717, 1.165) is 25.2 Å². The Morgan fingerprint density at radius 2 is 2.29 bits per heavy atom. The average molecular weight is 254 g/mol. The molecular formula is C12H16ClN3O. The Hall–Kier alpha value is -1.16. The lowest BCUT2D eigenvalue weighted by atomic mass is 10.1. The van der Waals surface area contributed by atoms with E-state index in [4.69, 9.17) is 11.6 Å². The molecule has 0 saturated carbocycles. The van der Waals surface area contributed by atoms with Gasteiger partial charge in [-0.1, -0.05) is 0 Å². The Morgan fingerprint density at radius 1 is 1.53 bits per heavy atom. The molecule has 1 fully saturated rings. The summed E-state index contributed by atoms with van der Waals surface area (Å²) in [7, 11) is 0. The first-order valence-electron chi connectivity index (χ1n) is 5.78. The SMILES string of the molecule is Cc1cc(C(=O)N2CCC(CCl)C2)c(C)nn1. The Labute approximate surface area is 106 Å². The maximum absolute atomic E-state index is 12.3. The van der Waals surface area contributed by atoms with E-state index in [1.54, 1.807) is 6.07 Å². The summed E-state index contributed by atoms with van der Waals surface area (Å²) < 4.78 is 0. The number of hydrogen-bond acceptors (Lipinski definition) is 3. The number of amides is 1. The van der Waals surface area contributed by atoms with Crippen molar-refractivity contribution in [1.82, 2.24) is 15.1 Å². The van der Waals surface area contributed by atoms with Gasteiger partial charge in [0.15, 0.2) is 0 Å². The fourth-order valence-corrected chi connectivity index (χ4v) is 2.33. The smallest absolute Gasteiger partial charge is 0.255 e. The third-order valence-corrected chi connectivity index (χ3v) is 3.56. The molecule has 0 N–H and O–H groups in total. The molecule has 0 aromatic carbocycles. The molecule has 4 nitrogen and oxygen atoms in total. The van der Waals surface area contributed by atoms with Gasteiger partial charge in [-0.3, -0.25) is 4.79 Å². The molecule has 1 unspecified atom stereocenters. The van der Waals surface area contributed by atoms with E-state index in [0.29, 0.717) is 23.1 Å². The maximum Gasteiger partial charge on any atom is 0.255 e. The van der Waals surface area contributed by atoms with Crippen molar-refractivity contribution in [2.24, 2.45) is 5.92 Å². The van der Waals surface area contributed by atoms with Crippen LogP contribution in [-0.2, 0) is 0 Å². The molecule has 1 aliphatic rings. The van der Waals surface area contributed by atoms with Gasteiger partial charge in [-0.15, -0.1) is 11.6 Å². The summed E-state index contributed by atoms with van der Waals surface area (Å²) in [6, 6.07) is 1.80. The van der Waals surface area contributed by atoms with E-state index in [-0.39, 0.29) is 5.91 Å². The number of hydrogen-bond donors (Lipinski definition) is 0. The van der Waals surface area contributed by atoms with Gasteiger partial charge in [0.2, 0.25) is 0 Å². The number of carbonyl (C=O) groups excluding carboxylic acids is 1. The van der Waals surface area contributed by atoms with Crippen molar-refractivity contribution >= 4 is 17.5 Å². The molecular weight excluding hydrogens is 238 g/mol. The predicted octanol–water partition coefficient (Wildman–Crippen LogP) is 1.79. The Kier molecular flexibility index (Phi) is 3.62. The summed E-state index contributed by atoms with van der Waals surface area (Å²) in [5.41, 5.74) is 2.12. The molecule has 1 amide bonds. The standard InChI is InChI=1S/C12H16ClN3O/c1-8-5-11(9(2)15-14-8)12(17)16-4-3-10(6-13)7-16/h5,10H,3-4,6-7H2,1-2H3. The molecule has 2 rings (SSSR count). The van der Waals surface area contributed by atoms with Crippen LogP contribution in [0.2, 0.25) is 0 Å². The molecule has 0 aliphatic carbocycles. The van der Waals surface area contributed by atoms with Crippen molar-refractivity contribution in [2.45, 2.75) is 20.3 Å². The van der Waals surface area contributed by atoms with Crippen molar-refractivity contribution < 1.29 is 4.79 Å². The lowest BCUT2D eigenvalue weighted by Gasteiger charge is -2.17. The first kappa shape index (κ1) is 12.3. The lowest BCUT2D eigenvalue weighted by Crippen LogP contribution is -2.29. The van der Waals surface area contributed by atoms with Gasteiger partial charge in [-0.2, -0.15) is 10.2 Å². The minimum absolute atomic E-state index is 0.0492. The minimum Gasteiger partial charge on any atom is -0.338 e. The van der Waals surface area contributed by atoms with E-state index < -0.39 is 0 Å². The number of carbonyl (C=O) groups is 1. The molecule has 92 valence electrons. The number of likely N-dealkylation sites (tertiary alicyclic amines) is 1. The van der Waals surface area contributed by atoms with Gasteiger partial charge < -0.3 is 4.90 Å². The summed E-state index contributed by atoms with van der Waals surface area (Å²) in [6.07, 6.45) is 0.992. The summed E-state index contributed by atoms with van der Waals surface area (Å²) in [6.45, 7) is 5.20. The van der Waals surface area contributed by atoms with Gasteiger partial charge in [0.1, 0.15) is 0 Å². The van der Waals surface area contributed by atoms with Crippen LogP contribution in [0.25, 0.3) is 0 Å². The van der Waals surface area contributed by atoms with Crippen molar-refractivity contribution in [3.05, 3.63) is 23.0 Å². The molecule has 1 saturated heterocycles.